The van der Waals surface area contributed by atoms with E-state index in [9.17, 15) is 13.2 Å². The Balaban J connectivity index is 0.00000484. The fourth-order valence-electron chi connectivity index (χ4n) is 4.40. The minimum absolute atomic E-state index is 0. The Morgan fingerprint density at radius 3 is 2.45 bits per heavy atom. The number of alkyl halides is 3. The molecule has 9 nitrogen and oxygen atoms in total. The Kier molecular flexibility index (Phi) is 10.5. The predicted octanol–water partition coefficient (Wildman–Crippen LogP) is 5.83. The number of nitrogens with two attached hydrogens (primary N) is 1. The van der Waals surface area contributed by atoms with Gasteiger partial charge in [-0.15, -0.1) is 5.10 Å². The summed E-state index contributed by atoms with van der Waals surface area (Å²) in [4.78, 5) is 6.62. The number of aryl methyl sites for hydroxylation is 1. The van der Waals surface area contributed by atoms with Crippen LogP contribution in [0.5, 0.6) is 0 Å². The summed E-state index contributed by atoms with van der Waals surface area (Å²) in [7, 11) is -2.00. The molecule has 4 rings (SSSR count). The number of imidazole rings is 1. The van der Waals surface area contributed by atoms with Gasteiger partial charge in [0.1, 0.15) is 0 Å². The lowest BCUT2D eigenvalue weighted by molar-refractivity contribution is -0.138. The van der Waals surface area contributed by atoms with E-state index >= 15 is 0 Å². The van der Waals surface area contributed by atoms with Crippen molar-refractivity contribution in [2.75, 3.05) is 48.9 Å². The Morgan fingerprint density at radius 1 is 1.17 bits per heavy atom. The summed E-state index contributed by atoms with van der Waals surface area (Å²) in [5.41, 5.74) is 7.48. The standard InChI is InChI=1S/C28H42F3N7O2Si.H2S/c1-18(17-40-41(6,7)27(3,4)5)33-16-20-21(28(29,30)31)9-8-10-23(20)35-25-19(2)34-26-22(32)15-24(36-38(25)26)37-11-13-39-14-12-37;/h8-10,15,18,33,35H,11-14,16-17,32H2,1-7H3;1H2. The number of nitrogens with one attached hydrogen (secondary N) is 2. The summed E-state index contributed by atoms with van der Waals surface area (Å²) in [6.45, 7) is 17.4. The molecule has 1 unspecified atom stereocenters. The molecule has 1 saturated heterocycles. The summed E-state index contributed by atoms with van der Waals surface area (Å²) in [6, 6.07) is 5.75. The second-order valence-electron chi connectivity index (χ2n) is 12.1. The van der Waals surface area contributed by atoms with Gasteiger partial charge in [0, 0.05) is 49.6 Å². The smallest absolute Gasteiger partial charge is 0.415 e. The molecule has 2 aromatic heterocycles. The highest BCUT2D eigenvalue weighted by molar-refractivity contribution is 7.59. The van der Waals surface area contributed by atoms with E-state index in [0.717, 1.165) is 6.07 Å². The number of anilines is 4. The molecule has 0 saturated carbocycles. The number of benzene rings is 1. The largest absolute Gasteiger partial charge is 0.416 e. The second-order valence-corrected chi connectivity index (χ2v) is 17.0. The van der Waals surface area contributed by atoms with Crippen LogP contribution >= 0.6 is 13.5 Å². The Morgan fingerprint density at radius 2 is 1.83 bits per heavy atom. The summed E-state index contributed by atoms with van der Waals surface area (Å²) in [5.74, 6) is 1.11. The van der Waals surface area contributed by atoms with Crippen molar-refractivity contribution in [1.82, 2.24) is 19.9 Å². The van der Waals surface area contributed by atoms with Crippen molar-refractivity contribution in [2.45, 2.75) is 71.5 Å². The van der Waals surface area contributed by atoms with Gasteiger partial charge in [0.15, 0.2) is 25.6 Å². The first-order valence-electron chi connectivity index (χ1n) is 13.9. The number of nitrogens with zero attached hydrogens (tertiary/aromatic N) is 4. The third-order valence-electron chi connectivity index (χ3n) is 7.97. The lowest BCUT2D eigenvalue weighted by Gasteiger charge is -2.37. The molecule has 0 amide bonds. The zero-order valence-corrected chi connectivity index (χ0v) is 27.4. The third-order valence-corrected chi connectivity index (χ3v) is 12.5. The molecule has 1 aliphatic rings. The van der Waals surface area contributed by atoms with E-state index in [4.69, 9.17) is 20.0 Å². The SMILES string of the molecule is Cc1nc2c(N)cc(N3CCOCC3)nn2c1Nc1cccc(C(F)(F)F)c1CNC(C)CO[Si](C)(C)C(C)(C)C.S. The summed E-state index contributed by atoms with van der Waals surface area (Å²) < 4.78 is 55.8. The first-order valence-corrected chi connectivity index (χ1v) is 16.8. The third kappa shape index (κ3) is 7.51. The van der Waals surface area contributed by atoms with Crippen molar-refractivity contribution in [3.8, 4) is 0 Å². The van der Waals surface area contributed by atoms with E-state index in [1.165, 1.54) is 6.07 Å². The second kappa shape index (κ2) is 13.0. The molecule has 1 aromatic carbocycles. The molecular weight excluding hydrogens is 584 g/mol. The van der Waals surface area contributed by atoms with Crippen LogP contribution in [0.25, 0.3) is 5.65 Å². The normalized spacial score (nSPS) is 15.5. The van der Waals surface area contributed by atoms with Gasteiger partial charge in [-0.2, -0.15) is 31.2 Å². The van der Waals surface area contributed by atoms with Crippen molar-refractivity contribution >= 4 is 50.5 Å². The van der Waals surface area contributed by atoms with Gasteiger partial charge in [-0.3, -0.25) is 0 Å². The Labute approximate surface area is 253 Å². The average molecular weight is 628 g/mol. The molecule has 1 fully saturated rings. The van der Waals surface area contributed by atoms with Crippen molar-refractivity contribution in [2.24, 2.45) is 0 Å². The van der Waals surface area contributed by atoms with E-state index in [1.807, 2.05) is 6.92 Å². The van der Waals surface area contributed by atoms with Gasteiger partial charge in [0.05, 0.1) is 30.2 Å². The molecule has 1 atom stereocenters. The highest BCUT2D eigenvalue weighted by Crippen LogP contribution is 2.38. The van der Waals surface area contributed by atoms with E-state index in [2.05, 4.69) is 54.4 Å². The number of morpholine rings is 1. The minimum atomic E-state index is -4.53. The maximum absolute atomic E-state index is 14.2. The maximum Gasteiger partial charge on any atom is 0.416 e. The van der Waals surface area contributed by atoms with Crippen LogP contribution in [0.15, 0.2) is 24.3 Å². The van der Waals surface area contributed by atoms with Crippen LogP contribution in [0.1, 0.15) is 44.5 Å². The molecule has 0 radical (unpaired) electrons. The fraction of sp³-hybridized carbons (Fsp3) is 0.571. The van der Waals surface area contributed by atoms with Crippen LogP contribution < -0.4 is 21.3 Å². The number of ether oxygens (including phenoxy) is 1. The average Bonchev–Trinajstić information content (AvgIpc) is 3.21. The van der Waals surface area contributed by atoms with Gasteiger partial charge >= 0.3 is 6.18 Å². The molecule has 0 bridgehead atoms. The summed E-state index contributed by atoms with van der Waals surface area (Å²) >= 11 is 0. The zero-order valence-electron chi connectivity index (χ0n) is 25.4. The van der Waals surface area contributed by atoms with Gasteiger partial charge in [0.25, 0.3) is 0 Å². The van der Waals surface area contributed by atoms with Crippen molar-refractivity contribution < 1.29 is 22.3 Å². The van der Waals surface area contributed by atoms with Crippen LogP contribution in [-0.2, 0) is 21.9 Å². The molecule has 14 heteroatoms. The molecule has 0 spiro atoms. The minimum Gasteiger partial charge on any atom is -0.415 e. The Hall–Kier alpha value is -2.52. The van der Waals surface area contributed by atoms with Crippen LogP contribution in [-0.4, -0.2) is 61.9 Å². The van der Waals surface area contributed by atoms with E-state index < -0.39 is 20.1 Å². The summed E-state index contributed by atoms with van der Waals surface area (Å²) in [5, 5.41) is 11.2. The number of hydrogen-bond donors (Lipinski definition) is 3. The number of nitrogen functional groups attached to an aromatic ring is 1. The molecular formula is C28H44F3N7O2SSi. The van der Waals surface area contributed by atoms with Gasteiger partial charge in [-0.05, 0) is 44.1 Å². The molecule has 0 aliphatic carbocycles. The molecule has 234 valence electrons. The maximum atomic E-state index is 14.2. The number of hydrogen-bond acceptors (Lipinski definition) is 8. The van der Waals surface area contributed by atoms with E-state index in [0.29, 0.717) is 67.3 Å². The van der Waals surface area contributed by atoms with Crippen LogP contribution in [0.3, 0.4) is 0 Å². The fourth-order valence-corrected chi connectivity index (χ4v) is 5.50. The quantitative estimate of drug-likeness (QED) is 0.255. The molecule has 3 aromatic rings. The highest BCUT2D eigenvalue weighted by Gasteiger charge is 2.38. The first-order chi connectivity index (χ1) is 19.1. The van der Waals surface area contributed by atoms with Gasteiger partial charge in [-0.25, -0.2) is 4.98 Å². The van der Waals surface area contributed by atoms with Crippen molar-refractivity contribution in [3.05, 3.63) is 41.1 Å². The van der Waals surface area contributed by atoms with E-state index in [-0.39, 0.29) is 36.7 Å². The molecule has 1 aliphatic heterocycles. The van der Waals surface area contributed by atoms with Crippen LogP contribution in [0.4, 0.5) is 36.2 Å². The highest BCUT2D eigenvalue weighted by atomic mass is 32.1. The number of aromatic nitrogens is 3. The topological polar surface area (TPSA) is 102 Å². The Bertz CT molecular complexity index is 1370. The van der Waals surface area contributed by atoms with Gasteiger partial charge in [-0.1, -0.05) is 26.8 Å². The van der Waals surface area contributed by atoms with Crippen molar-refractivity contribution in [1.29, 1.82) is 0 Å². The first kappa shape index (κ1) is 34.0. The number of fused-ring (bicyclic) bond motifs is 1. The molecule has 42 heavy (non-hydrogen) atoms. The van der Waals surface area contributed by atoms with Gasteiger partial charge in [0.2, 0.25) is 0 Å². The monoisotopic (exact) mass is 627 g/mol. The zero-order chi connectivity index (χ0) is 30.2. The lowest BCUT2D eigenvalue weighted by atomic mass is 10.0. The van der Waals surface area contributed by atoms with Crippen molar-refractivity contribution in [3.63, 3.8) is 0 Å². The van der Waals surface area contributed by atoms with E-state index in [1.54, 1.807) is 23.6 Å². The van der Waals surface area contributed by atoms with Crippen LogP contribution in [0, 0.1) is 6.92 Å². The lowest BCUT2D eigenvalue weighted by Crippen LogP contribution is -2.44. The molecule has 4 N–H and O–H groups in total. The predicted molar refractivity (Wildman–Crippen MR) is 170 cm³/mol. The van der Waals surface area contributed by atoms with Gasteiger partial charge < -0.3 is 30.4 Å². The number of halogens is 3. The number of rotatable bonds is 9. The summed E-state index contributed by atoms with van der Waals surface area (Å²) in [6.07, 6.45) is -4.53. The van der Waals surface area contributed by atoms with Crippen LogP contribution in [0.2, 0.25) is 18.1 Å². The molecule has 3 heterocycles.